The first-order chi connectivity index (χ1) is 11.8. The van der Waals surface area contributed by atoms with Crippen molar-refractivity contribution in [2.24, 2.45) is 0 Å². The lowest BCUT2D eigenvalue weighted by molar-refractivity contribution is 0.0312. The Morgan fingerprint density at radius 1 is 1.28 bits per heavy atom. The maximum Gasteiger partial charge on any atom is 0.341 e. The second-order valence-electron chi connectivity index (χ2n) is 5.65. The third kappa shape index (κ3) is 3.82. The molecule has 0 unspecified atom stereocenters. The van der Waals surface area contributed by atoms with Crippen molar-refractivity contribution in [2.75, 3.05) is 6.26 Å². The SMILES string of the molecule is CSc1ncccc1C(=O)O[C@@H](C)C(=O)c1[nH]c(C)c(C(C)=O)c1C. The summed E-state index contributed by atoms with van der Waals surface area (Å²) in [6.45, 7) is 6.40. The average Bonchev–Trinajstić information content (AvgIpc) is 2.88. The molecule has 2 heterocycles. The van der Waals surface area contributed by atoms with Crippen LogP contribution in [0.2, 0.25) is 0 Å². The van der Waals surface area contributed by atoms with Crippen molar-refractivity contribution in [3.05, 3.63) is 46.4 Å². The van der Waals surface area contributed by atoms with Gasteiger partial charge in [0.2, 0.25) is 5.78 Å². The van der Waals surface area contributed by atoms with Gasteiger partial charge in [0.15, 0.2) is 11.9 Å². The average molecular weight is 360 g/mol. The minimum Gasteiger partial charge on any atom is -0.451 e. The molecule has 0 aliphatic carbocycles. The fourth-order valence-corrected chi connectivity index (χ4v) is 3.25. The Morgan fingerprint density at radius 2 is 1.96 bits per heavy atom. The number of nitrogens with zero attached hydrogens (tertiary/aromatic N) is 1. The highest BCUT2D eigenvalue weighted by Gasteiger charge is 2.27. The van der Waals surface area contributed by atoms with Crippen LogP contribution in [0.3, 0.4) is 0 Å². The molecule has 0 amide bonds. The summed E-state index contributed by atoms with van der Waals surface area (Å²) in [5, 5.41) is 0.540. The maximum absolute atomic E-state index is 12.6. The molecule has 132 valence electrons. The summed E-state index contributed by atoms with van der Waals surface area (Å²) in [7, 11) is 0. The van der Waals surface area contributed by atoms with Crippen molar-refractivity contribution < 1.29 is 19.1 Å². The van der Waals surface area contributed by atoms with Gasteiger partial charge in [-0.3, -0.25) is 9.59 Å². The van der Waals surface area contributed by atoms with Gasteiger partial charge in [-0.25, -0.2) is 9.78 Å². The maximum atomic E-state index is 12.6. The number of pyridine rings is 1. The van der Waals surface area contributed by atoms with Crippen LogP contribution in [0.1, 0.15) is 56.3 Å². The number of H-pyrrole nitrogens is 1. The van der Waals surface area contributed by atoms with Crippen LogP contribution < -0.4 is 0 Å². The first kappa shape index (κ1) is 18.9. The van der Waals surface area contributed by atoms with E-state index in [0.29, 0.717) is 33.1 Å². The number of aromatic amines is 1. The normalized spacial score (nSPS) is 11.9. The predicted molar refractivity (Wildman–Crippen MR) is 95.5 cm³/mol. The number of carbonyl (C=O) groups is 3. The second-order valence-corrected chi connectivity index (χ2v) is 6.45. The van der Waals surface area contributed by atoms with Crippen LogP contribution in [0.25, 0.3) is 0 Å². The highest BCUT2D eigenvalue weighted by atomic mass is 32.2. The van der Waals surface area contributed by atoms with Crippen LogP contribution in [-0.4, -0.2) is 39.9 Å². The van der Waals surface area contributed by atoms with Gasteiger partial charge in [-0.15, -0.1) is 11.8 Å². The quantitative estimate of drug-likeness (QED) is 0.483. The van der Waals surface area contributed by atoms with Crippen LogP contribution >= 0.6 is 11.8 Å². The van der Waals surface area contributed by atoms with Crippen LogP contribution in [-0.2, 0) is 4.74 Å². The third-order valence-corrected chi connectivity index (χ3v) is 4.59. The molecule has 1 N–H and O–H groups in total. The Hall–Kier alpha value is -2.41. The van der Waals surface area contributed by atoms with Gasteiger partial charge in [-0.1, -0.05) is 0 Å². The number of hydrogen-bond donors (Lipinski definition) is 1. The van der Waals surface area contributed by atoms with Gasteiger partial charge in [0.25, 0.3) is 0 Å². The Bertz CT molecular complexity index is 842. The third-order valence-electron chi connectivity index (χ3n) is 3.87. The number of carbonyl (C=O) groups excluding carboxylic acids is 3. The molecule has 0 aromatic carbocycles. The lowest BCUT2D eigenvalue weighted by Gasteiger charge is -2.13. The smallest absolute Gasteiger partial charge is 0.341 e. The molecule has 0 saturated heterocycles. The summed E-state index contributed by atoms with van der Waals surface area (Å²) in [5.41, 5.74) is 2.31. The molecule has 2 rings (SSSR count). The van der Waals surface area contributed by atoms with Crippen molar-refractivity contribution in [1.29, 1.82) is 0 Å². The van der Waals surface area contributed by atoms with Gasteiger partial charge in [0.05, 0.1) is 11.3 Å². The van der Waals surface area contributed by atoms with Crippen molar-refractivity contribution >= 4 is 29.3 Å². The van der Waals surface area contributed by atoms with Crippen molar-refractivity contribution in [1.82, 2.24) is 9.97 Å². The first-order valence-corrected chi connectivity index (χ1v) is 8.94. The zero-order chi connectivity index (χ0) is 18.7. The summed E-state index contributed by atoms with van der Waals surface area (Å²) >= 11 is 1.33. The predicted octanol–water partition coefficient (Wildman–Crippen LogP) is 3.38. The summed E-state index contributed by atoms with van der Waals surface area (Å²) in [6.07, 6.45) is 2.41. The van der Waals surface area contributed by atoms with E-state index in [1.807, 2.05) is 6.26 Å². The Labute approximate surface area is 150 Å². The van der Waals surface area contributed by atoms with Gasteiger partial charge >= 0.3 is 5.97 Å². The van der Waals surface area contributed by atoms with Gasteiger partial charge in [-0.2, -0.15) is 0 Å². The van der Waals surface area contributed by atoms with Crippen molar-refractivity contribution in [2.45, 2.75) is 38.8 Å². The number of aromatic nitrogens is 2. The number of esters is 1. The van der Waals surface area contributed by atoms with E-state index in [4.69, 9.17) is 4.74 Å². The van der Waals surface area contributed by atoms with Gasteiger partial charge < -0.3 is 9.72 Å². The van der Waals surface area contributed by atoms with Crippen LogP contribution in [0.15, 0.2) is 23.4 Å². The van der Waals surface area contributed by atoms with Crippen LogP contribution in [0, 0.1) is 13.8 Å². The van der Waals surface area contributed by atoms with E-state index < -0.39 is 12.1 Å². The molecule has 0 bridgehead atoms. The number of ketones is 2. The van der Waals surface area contributed by atoms with E-state index in [2.05, 4.69) is 9.97 Å². The van der Waals surface area contributed by atoms with E-state index in [0.717, 1.165) is 0 Å². The molecule has 0 fully saturated rings. The molecule has 25 heavy (non-hydrogen) atoms. The number of Topliss-reactive ketones (excluding diaryl/α,β-unsaturated/α-hetero) is 2. The topological polar surface area (TPSA) is 89.1 Å². The van der Waals surface area contributed by atoms with Gasteiger partial charge in [0.1, 0.15) is 5.03 Å². The monoisotopic (exact) mass is 360 g/mol. The molecule has 6 nitrogen and oxygen atoms in total. The van der Waals surface area contributed by atoms with Crippen LogP contribution in [0.5, 0.6) is 0 Å². The molecule has 7 heteroatoms. The summed E-state index contributed by atoms with van der Waals surface area (Å²) in [4.78, 5) is 43.7. The minimum absolute atomic E-state index is 0.116. The zero-order valence-electron chi connectivity index (χ0n) is 14.8. The number of hydrogen-bond acceptors (Lipinski definition) is 6. The summed E-state index contributed by atoms with van der Waals surface area (Å²) in [6, 6.07) is 3.25. The molecular formula is C18H20N2O4S. The molecule has 0 aliphatic heterocycles. The van der Waals surface area contributed by atoms with Gasteiger partial charge in [-0.05, 0) is 51.6 Å². The Morgan fingerprint density at radius 3 is 2.52 bits per heavy atom. The summed E-state index contributed by atoms with van der Waals surface area (Å²) < 4.78 is 5.31. The molecule has 0 spiro atoms. The lowest BCUT2D eigenvalue weighted by Crippen LogP contribution is -2.25. The number of ether oxygens (including phenoxy) is 1. The van der Waals surface area contributed by atoms with E-state index in [9.17, 15) is 14.4 Å². The van der Waals surface area contributed by atoms with E-state index in [1.165, 1.54) is 25.6 Å². The lowest BCUT2D eigenvalue weighted by atomic mass is 10.0. The molecular weight excluding hydrogens is 340 g/mol. The molecule has 0 saturated carbocycles. The molecule has 0 aliphatic rings. The van der Waals surface area contributed by atoms with Crippen molar-refractivity contribution in [3.8, 4) is 0 Å². The number of nitrogens with one attached hydrogen (secondary N) is 1. The van der Waals surface area contributed by atoms with E-state index >= 15 is 0 Å². The highest BCUT2D eigenvalue weighted by Crippen LogP contribution is 2.22. The fraction of sp³-hybridized carbons (Fsp3) is 0.333. The molecule has 2 aromatic heterocycles. The number of aryl methyl sites for hydroxylation is 1. The summed E-state index contributed by atoms with van der Waals surface area (Å²) in [5.74, 6) is -1.10. The van der Waals surface area contributed by atoms with Crippen molar-refractivity contribution in [3.63, 3.8) is 0 Å². The zero-order valence-corrected chi connectivity index (χ0v) is 15.6. The Balaban J connectivity index is 2.22. The van der Waals surface area contributed by atoms with Crippen LogP contribution in [0.4, 0.5) is 0 Å². The molecule has 0 radical (unpaired) electrons. The minimum atomic E-state index is -0.987. The highest BCUT2D eigenvalue weighted by molar-refractivity contribution is 7.98. The standard InChI is InChI=1S/C18H20N2O4S/c1-9-14(11(3)21)10(2)20-15(9)16(22)12(4)24-18(23)13-7-6-8-19-17(13)25-5/h6-8,12,20H,1-5H3/t12-/m0/s1. The molecule has 1 atom stereocenters. The number of thioether (sulfide) groups is 1. The largest absolute Gasteiger partial charge is 0.451 e. The first-order valence-electron chi connectivity index (χ1n) is 7.72. The molecule has 2 aromatic rings. The Kier molecular flexibility index (Phi) is 5.79. The van der Waals surface area contributed by atoms with E-state index in [1.54, 1.807) is 32.2 Å². The second kappa shape index (κ2) is 7.65. The fourth-order valence-electron chi connectivity index (χ4n) is 2.71. The van der Waals surface area contributed by atoms with Gasteiger partial charge in [0, 0.05) is 17.5 Å². The van der Waals surface area contributed by atoms with E-state index in [-0.39, 0.29) is 11.6 Å². The number of rotatable bonds is 6.